The van der Waals surface area contributed by atoms with Crippen molar-refractivity contribution in [3.05, 3.63) is 47.6 Å². The summed E-state index contributed by atoms with van der Waals surface area (Å²) in [6.07, 6.45) is 0.313. The monoisotopic (exact) mass is 344 g/mol. The second-order valence-corrected chi connectivity index (χ2v) is 6.47. The van der Waals surface area contributed by atoms with Crippen LogP contribution in [0.3, 0.4) is 0 Å². The van der Waals surface area contributed by atoms with Crippen LogP contribution in [0, 0.1) is 0 Å². The van der Waals surface area contributed by atoms with Crippen molar-refractivity contribution in [2.45, 2.75) is 45.5 Å². The van der Waals surface area contributed by atoms with Gasteiger partial charge in [-0.25, -0.2) is 0 Å². The Bertz CT molecular complexity index is 689. The molecule has 7 heteroatoms. The molecule has 25 heavy (non-hydrogen) atoms. The maximum Gasteiger partial charge on any atom is 0.240 e. The first-order valence-corrected chi connectivity index (χ1v) is 8.58. The zero-order chi connectivity index (χ0) is 17.6. The van der Waals surface area contributed by atoms with Gasteiger partial charge in [-0.2, -0.15) is 4.98 Å². The summed E-state index contributed by atoms with van der Waals surface area (Å²) < 4.78 is 10.9. The molecule has 2 atom stereocenters. The largest absolute Gasteiger partial charge is 0.376 e. The molecule has 134 valence electrons. The number of rotatable bonds is 6. The number of hydrogen-bond donors (Lipinski definition) is 1. The number of amides is 1. The Balaban J connectivity index is 1.48. The van der Waals surface area contributed by atoms with Gasteiger partial charge in [-0.05, 0) is 19.4 Å². The third kappa shape index (κ3) is 5.11. The molecule has 1 N–H and O–H groups in total. The lowest BCUT2D eigenvalue weighted by Gasteiger charge is -2.35. The van der Waals surface area contributed by atoms with E-state index in [9.17, 15) is 4.79 Å². The first kappa shape index (κ1) is 17.6. The molecule has 0 aliphatic carbocycles. The molecule has 0 saturated carbocycles. The van der Waals surface area contributed by atoms with E-state index in [0.717, 1.165) is 12.1 Å². The zero-order valence-electron chi connectivity index (χ0n) is 14.6. The van der Waals surface area contributed by atoms with Crippen LogP contribution >= 0.6 is 0 Å². The number of benzene rings is 1. The number of morpholine rings is 1. The Morgan fingerprint density at radius 3 is 2.92 bits per heavy atom. The van der Waals surface area contributed by atoms with E-state index >= 15 is 0 Å². The van der Waals surface area contributed by atoms with Gasteiger partial charge in [-0.1, -0.05) is 35.5 Å². The Labute approximate surface area is 147 Å². The average Bonchev–Trinajstić information content (AvgIpc) is 3.04. The Morgan fingerprint density at radius 2 is 2.12 bits per heavy atom. The van der Waals surface area contributed by atoms with E-state index < -0.39 is 0 Å². The molecule has 0 spiro atoms. The number of hydrogen-bond acceptors (Lipinski definition) is 6. The van der Waals surface area contributed by atoms with Crippen LogP contribution < -0.4 is 5.32 Å². The Hall–Kier alpha value is -2.25. The van der Waals surface area contributed by atoms with Gasteiger partial charge in [0.1, 0.15) is 0 Å². The van der Waals surface area contributed by atoms with Gasteiger partial charge in [0.15, 0.2) is 5.82 Å². The summed E-state index contributed by atoms with van der Waals surface area (Å²) in [5.74, 6) is 0.825. The van der Waals surface area contributed by atoms with Crippen molar-refractivity contribution in [3.63, 3.8) is 0 Å². The van der Waals surface area contributed by atoms with Crippen molar-refractivity contribution < 1.29 is 14.1 Å². The van der Waals surface area contributed by atoms with Gasteiger partial charge >= 0.3 is 0 Å². The van der Waals surface area contributed by atoms with Gasteiger partial charge in [0, 0.05) is 19.1 Å². The lowest BCUT2D eigenvalue weighted by molar-refractivity contribution is -0.120. The highest BCUT2D eigenvalue weighted by atomic mass is 16.5. The highest BCUT2D eigenvalue weighted by Crippen LogP contribution is 2.14. The summed E-state index contributed by atoms with van der Waals surface area (Å²) in [5, 5.41) is 6.78. The Kier molecular flexibility index (Phi) is 5.78. The van der Waals surface area contributed by atoms with E-state index in [4.69, 9.17) is 9.26 Å². The fourth-order valence-corrected chi connectivity index (χ4v) is 2.79. The van der Waals surface area contributed by atoms with Crippen LogP contribution in [0.2, 0.25) is 0 Å². The maximum atomic E-state index is 12.0. The molecule has 0 radical (unpaired) electrons. The minimum atomic E-state index is -0.121. The SMILES string of the molecule is C[C@H]1CN(Cc2nc(CC(=O)NCc3ccccc3)no2)[C@@H](C)CO1. The number of nitrogens with one attached hydrogen (secondary N) is 1. The normalized spacial score (nSPS) is 21.2. The van der Waals surface area contributed by atoms with Crippen molar-refractivity contribution in [2.75, 3.05) is 13.2 Å². The van der Waals surface area contributed by atoms with Crippen LogP contribution in [0.15, 0.2) is 34.9 Å². The number of ether oxygens (including phenoxy) is 1. The van der Waals surface area contributed by atoms with E-state index in [0.29, 0.717) is 37.5 Å². The highest BCUT2D eigenvalue weighted by Gasteiger charge is 2.25. The molecule has 3 rings (SSSR count). The second kappa shape index (κ2) is 8.22. The molecule has 2 aromatic rings. The molecule has 0 unspecified atom stereocenters. The van der Waals surface area contributed by atoms with Crippen molar-refractivity contribution in [2.24, 2.45) is 0 Å². The first-order chi connectivity index (χ1) is 12.1. The minimum Gasteiger partial charge on any atom is -0.376 e. The molecule has 2 heterocycles. The number of carbonyl (C=O) groups excluding carboxylic acids is 1. The molecule has 1 aliphatic heterocycles. The molecule has 1 aromatic heterocycles. The second-order valence-electron chi connectivity index (χ2n) is 6.47. The quantitative estimate of drug-likeness (QED) is 0.856. The summed E-state index contributed by atoms with van der Waals surface area (Å²) >= 11 is 0. The van der Waals surface area contributed by atoms with Gasteiger partial charge in [-0.3, -0.25) is 9.69 Å². The fourth-order valence-electron chi connectivity index (χ4n) is 2.79. The summed E-state index contributed by atoms with van der Waals surface area (Å²) in [4.78, 5) is 18.6. The van der Waals surface area contributed by atoms with E-state index in [2.05, 4.69) is 34.2 Å². The van der Waals surface area contributed by atoms with E-state index in [1.165, 1.54) is 0 Å². The predicted octanol–water partition coefficient (Wildman–Crippen LogP) is 1.54. The Morgan fingerprint density at radius 1 is 1.32 bits per heavy atom. The van der Waals surface area contributed by atoms with Crippen LogP contribution in [0.5, 0.6) is 0 Å². The molecule has 1 aliphatic rings. The van der Waals surface area contributed by atoms with Crippen LogP contribution in [0.1, 0.15) is 31.1 Å². The van der Waals surface area contributed by atoms with E-state index in [1.807, 2.05) is 30.3 Å². The van der Waals surface area contributed by atoms with E-state index in [-0.39, 0.29) is 18.4 Å². The molecule has 1 aromatic carbocycles. The van der Waals surface area contributed by atoms with Gasteiger partial charge in [-0.15, -0.1) is 0 Å². The standard InChI is InChI=1S/C18H24N4O3/c1-13-12-24-14(2)10-22(13)11-18-20-16(21-25-18)8-17(23)19-9-15-6-4-3-5-7-15/h3-7,13-14H,8-12H2,1-2H3,(H,19,23)/t13-,14-/m0/s1. The molecule has 1 fully saturated rings. The van der Waals surface area contributed by atoms with Gasteiger partial charge in [0.2, 0.25) is 11.8 Å². The third-order valence-electron chi connectivity index (χ3n) is 4.24. The molecular formula is C18H24N4O3. The number of carbonyl (C=O) groups is 1. The lowest BCUT2D eigenvalue weighted by atomic mass is 10.2. The summed E-state index contributed by atoms with van der Waals surface area (Å²) in [5.41, 5.74) is 1.06. The molecule has 1 amide bonds. The van der Waals surface area contributed by atoms with Gasteiger partial charge < -0.3 is 14.6 Å². The predicted molar refractivity (Wildman–Crippen MR) is 91.6 cm³/mol. The average molecular weight is 344 g/mol. The van der Waals surface area contributed by atoms with Crippen molar-refractivity contribution in [1.82, 2.24) is 20.4 Å². The van der Waals surface area contributed by atoms with Crippen molar-refractivity contribution in [1.29, 1.82) is 0 Å². The topological polar surface area (TPSA) is 80.5 Å². The molecular weight excluding hydrogens is 320 g/mol. The maximum absolute atomic E-state index is 12.0. The number of aromatic nitrogens is 2. The summed E-state index contributed by atoms with van der Waals surface area (Å²) in [6.45, 7) is 6.76. The minimum absolute atomic E-state index is 0.116. The summed E-state index contributed by atoms with van der Waals surface area (Å²) in [6, 6.07) is 10.1. The molecule has 0 bridgehead atoms. The fraction of sp³-hybridized carbons (Fsp3) is 0.500. The zero-order valence-corrected chi connectivity index (χ0v) is 14.6. The first-order valence-electron chi connectivity index (χ1n) is 8.58. The van der Waals surface area contributed by atoms with Crippen molar-refractivity contribution >= 4 is 5.91 Å². The smallest absolute Gasteiger partial charge is 0.240 e. The number of nitrogens with zero attached hydrogens (tertiary/aromatic N) is 3. The lowest BCUT2D eigenvalue weighted by Crippen LogP contribution is -2.46. The molecule has 1 saturated heterocycles. The van der Waals surface area contributed by atoms with Crippen LogP contribution in [-0.4, -0.2) is 46.2 Å². The molecule has 7 nitrogen and oxygen atoms in total. The summed E-state index contributed by atoms with van der Waals surface area (Å²) in [7, 11) is 0. The van der Waals surface area contributed by atoms with Crippen LogP contribution in [-0.2, 0) is 29.0 Å². The van der Waals surface area contributed by atoms with Crippen LogP contribution in [0.4, 0.5) is 0 Å². The van der Waals surface area contributed by atoms with Crippen LogP contribution in [0.25, 0.3) is 0 Å². The van der Waals surface area contributed by atoms with E-state index in [1.54, 1.807) is 0 Å². The highest BCUT2D eigenvalue weighted by molar-refractivity contribution is 5.77. The van der Waals surface area contributed by atoms with Crippen molar-refractivity contribution in [3.8, 4) is 0 Å². The van der Waals surface area contributed by atoms with Gasteiger partial charge in [0.05, 0.1) is 25.7 Å². The third-order valence-corrected chi connectivity index (χ3v) is 4.24. The van der Waals surface area contributed by atoms with Gasteiger partial charge in [0.25, 0.3) is 0 Å².